The van der Waals surface area contributed by atoms with Gasteiger partial charge in [-0.15, -0.1) is 0 Å². The SMILES string of the molecule is C=[N+]([O-])CCC(c1ccccc1)c1ccccc1-c1ccccc1. The standard InChI is InChI=1S/C22H21NO/c1-23(24)17-16-21(19-12-6-3-7-13-19)22-15-9-8-14-20(22)18-10-4-2-5-11-18/h2-15,21H,1,16-17H2. The molecule has 3 aromatic rings. The molecule has 0 saturated carbocycles. The molecule has 0 aliphatic heterocycles. The second kappa shape index (κ2) is 7.60. The van der Waals surface area contributed by atoms with Gasteiger partial charge in [0.15, 0.2) is 6.54 Å². The van der Waals surface area contributed by atoms with E-state index in [2.05, 4.69) is 67.4 Å². The molecular weight excluding hydrogens is 294 g/mol. The number of benzene rings is 3. The number of hydroxylamine groups is 1. The normalized spacial score (nSPS) is 11.8. The summed E-state index contributed by atoms with van der Waals surface area (Å²) in [5.74, 6) is 0.167. The summed E-state index contributed by atoms with van der Waals surface area (Å²) < 4.78 is 0.765. The van der Waals surface area contributed by atoms with Crippen molar-refractivity contribution < 1.29 is 4.74 Å². The Kier molecular flexibility index (Phi) is 5.07. The molecule has 0 N–H and O–H groups in total. The fraction of sp³-hybridized carbons (Fsp3) is 0.136. The third kappa shape index (κ3) is 3.72. The van der Waals surface area contributed by atoms with Gasteiger partial charge in [-0.2, -0.15) is 0 Å². The molecule has 3 rings (SSSR count). The second-order valence-corrected chi connectivity index (χ2v) is 5.91. The highest BCUT2D eigenvalue weighted by Gasteiger charge is 2.19. The third-order valence-corrected chi connectivity index (χ3v) is 4.29. The van der Waals surface area contributed by atoms with Crippen molar-refractivity contribution >= 4 is 6.72 Å². The minimum atomic E-state index is 0.167. The van der Waals surface area contributed by atoms with Crippen LogP contribution in [0.5, 0.6) is 0 Å². The predicted octanol–water partition coefficient (Wildman–Crippen LogP) is 5.09. The molecule has 1 unspecified atom stereocenters. The van der Waals surface area contributed by atoms with E-state index >= 15 is 0 Å². The van der Waals surface area contributed by atoms with Gasteiger partial charge in [-0.1, -0.05) is 84.9 Å². The van der Waals surface area contributed by atoms with E-state index in [9.17, 15) is 5.21 Å². The van der Waals surface area contributed by atoms with Gasteiger partial charge in [0.05, 0.1) is 0 Å². The zero-order valence-electron chi connectivity index (χ0n) is 13.6. The van der Waals surface area contributed by atoms with Crippen molar-refractivity contribution in [3.05, 3.63) is 101 Å². The molecule has 0 amide bonds. The molecule has 1 atom stereocenters. The summed E-state index contributed by atoms with van der Waals surface area (Å²) in [6, 6.07) is 29.2. The summed E-state index contributed by atoms with van der Waals surface area (Å²) in [5.41, 5.74) is 4.88. The zero-order chi connectivity index (χ0) is 16.8. The molecule has 0 spiro atoms. The van der Waals surface area contributed by atoms with Gasteiger partial charge in [-0.3, -0.25) is 0 Å². The zero-order valence-corrected chi connectivity index (χ0v) is 13.6. The van der Waals surface area contributed by atoms with Crippen LogP contribution in [-0.4, -0.2) is 18.0 Å². The van der Waals surface area contributed by atoms with Gasteiger partial charge in [-0.25, -0.2) is 4.74 Å². The maximum Gasteiger partial charge on any atom is 0.153 e. The van der Waals surface area contributed by atoms with Crippen LogP contribution in [0.4, 0.5) is 0 Å². The Balaban J connectivity index is 2.06. The Bertz CT molecular complexity index is 796. The Morgan fingerprint density at radius 3 is 2.04 bits per heavy atom. The summed E-state index contributed by atoms with van der Waals surface area (Å²) in [6.07, 6.45) is 0.737. The maximum atomic E-state index is 11.4. The lowest BCUT2D eigenvalue weighted by atomic mass is 9.84. The molecule has 2 heteroatoms. The first-order chi connectivity index (χ1) is 11.8. The number of nitrogens with zero attached hydrogens (tertiary/aromatic N) is 1. The Morgan fingerprint density at radius 2 is 1.38 bits per heavy atom. The van der Waals surface area contributed by atoms with Gasteiger partial charge in [0.25, 0.3) is 0 Å². The summed E-state index contributed by atoms with van der Waals surface area (Å²) in [5, 5.41) is 11.4. The van der Waals surface area contributed by atoms with Crippen LogP contribution in [0.1, 0.15) is 23.5 Å². The number of hydrogen-bond acceptors (Lipinski definition) is 1. The van der Waals surface area contributed by atoms with E-state index in [1.165, 1.54) is 22.3 Å². The third-order valence-electron chi connectivity index (χ3n) is 4.29. The Hall–Kier alpha value is -2.87. The summed E-state index contributed by atoms with van der Waals surface area (Å²) >= 11 is 0. The van der Waals surface area contributed by atoms with E-state index in [0.717, 1.165) is 11.2 Å². The van der Waals surface area contributed by atoms with E-state index in [0.29, 0.717) is 6.54 Å². The maximum absolute atomic E-state index is 11.4. The van der Waals surface area contributed by atoms with Crippen molar-refractivity contribution in [3.8, 4) is 11.1 Å². The number of hydrogen-bond donors (Lipinski definition) is 0. The van der Waals surface area contributed by atoms with E-state index in [-0.39, 0.29) is 5.92 Å². The minimum Gasteiger partial charge on any atom is -0.624 e. The lowest BCUT2D eigenvalue weighted by Gasteiger charge is -2.21. The first kappa shape index (κ1) is 16.0. The first-order valence-corrected chi connectivity index (χ1v) is 8.20. The predicted molar refractivity (Wildman–Crippen MR) is 100 cm³/mol. The summed E-state index contributed by atoms with van der Waals surface area (Å²) in [6.45, 7) is 3.86. The van der Waals surface area contributed by atoms with Crippen LogP contribution in [-0.2, 0) is 0 Å². The fourth-order valence-corrected chi connectivity index (χ4v) is 3.14. The molecule has 0 aliphatic rings. The van der Waals surface area contributed by atoms with Crippen molar-refractivity contribution in [1.29, 1.82) is 0 Å². The number of rotatable bonds is 6. The van der Waals surface area contributed by atoms with Gasteiger partial charge >= 0.3 is 0 Å². The molecule has 0 radical (unpaired) electrons. The smallest absolute Gasteiger partial charge is 0.153 e. The second-order valence-electron chi connectivity index (χ2n) is 5.91. The summed E-state index contributed by atoms with van der Waals surface area (Å²) in [7, 11) is 0. The molecule has 3 aromatic carbocycles. The van der Waals surface area contributed by atoms with Gasteiger partial charge in [-0.05, 0) is 22.3 Å². The molecular formula is C22H21NO. The van der Waals surface area contributed by atoms with Crippen LogP contribution >= 0.6 is 0 Å². The quantitative estimate of drug-likeness (QED) is 0.269. The molecule has 0 fully saturated rings. The molecule has 120 valence electrons. The highest BCUT2D eigenvalue weighted by molar-refractivity contribution is 5.68. The first-order valence-electron chi connectivity index (χ1n) is 8.20. The van der Waals surface area contributed by atoms with E-state index in [4.69, 9.17) is 0 Å². The van der Waals surface area contributed by atoms with Crippen LogP contribution in [0, 0.1) is 5.21 Å². The summed E-state index contributed by atoms with van der Waals surface area (Å²) in [4.78, 5) is 0. The van der Waals surface area contributed by atoms with E-state index in [1.807, 2.05) is 24.3 Å². The van der Waals surface area contributed by atoms with E-state index < -0.39 is 0 Å². The van der Waals surface area contributed by atoms with Crippen molar-refractivity contribution in [2.75, 3.05) is 6.54 Å². The van der Waals surface area contributed by atoms with Gasteiger partial charge in [0.1, 0.15) is 6.72 Å². The molecule has 0 aromatic heterocycles. The Labute approximate surface area is 143 Å². The molecule has 0 saturated heterocycles. The molecule has 24 heavy (non-hydrogen) atoms. The molecule has 2 nitrogen and oxygen atoms in total. The molecule has 0 heterocycles. The van der Waals surface area contributed by atoms with E-state index in [1.54, 1.807) is 0 Å². The monoisotopic (exact) mass is 315 g/mol. The van der Waals surface area contributed by atoms with Crippen molar-refractivity contribution in [1.82, 2.24) is 0 Å². The minimum absolute atomic E-state index is 0.167. The topological polar surface area (TPSA) is 26.1 Å². The molecule has 0 aliphatic carbocycles. The van der Waals surface area contributed by atoms with Crippen molar-refractivity contribution in [3.63, 3.8) is 0 Å². The van der Waals surface area contributed by atoms with Crippen LogP contribution < -0.4 is 0 Å². The van der Waals surface area contributed by atoms with Crippen LogP contribution in [0.25, 0.3) is 11.1 Å². The van der Waals surface area contributed by atoms with Gasteiger partial charge < -0.3 is 5.21 Å². The highest BCUT2D eigenvalue weighted by Crippen LogP contribution is 2.35. The lowest BCUT2D eigenvalue weighted by Crippen LogP contribution is -2.10. The largest absolute Gasteiger partial charge is 0.624 e. The lowest BCUT2D eigenvalue weighted by molar-refractivity contribution is -0.449. The molecule has 0 bridgehead atoms. The highest BCUT2D eigenvalue weighted by atomic mass is 16.5. The van der Waals surface area contributed by atoms with Crippen molar-refractivity contribution in [2.45, 2.75) is 12.3 Å². The van der Waals surface area contributed by atoms with Crippen LogP contribution in [0.3, 0.4) is 0 Å². The average molecular weight is 315 g/mol. The fourth-order valence-electron chi connectivity index (χ4n) is 3.14. The van der Waals surface area contributed by atoms with Gasteiger partial charge in [0, 0.05) is 12.3 Å². The average Bonchev–Trinajstić information content (AvgIpc) is 2.64. The van der Waals surface area contributed by atoms with Crippen LogP contribution in [0.15, 0.2) is 84.9 Å². The Morgan fingerprint density at radius 1 is 0.792 bits per heavy atom. The van der Waals surface area contributed by atoms with Gasteiger partial charge in [0.2, 0.25) is 0 Å². The van der Waals surface area contributed by atoms with Crippen molar-refractivity contribution in [2.24, 2.45) is 0 Å². The van der Waals surface area contributed by atoms with Crippen LogP contribution in [0.2, 0.25) is 0 Å².